The zero-order valence-corrected chi connectivity index (χ0v) is 15.3. The molecule has 0 unspecified atom stereocenters. The highest BCUT2D eigenvalue weighted by atomic mass is 79.9. The fourth-order valence-electron chi connectivity index (χ4n) is 2.56. The van der Waals surface area contributed by atoms with Crippen LogP contribution in [-0.2, 0) is 0 Å². The van der Waals surface area contributed by atoms with E-state index in [0.717, 1.165) is 15.7 Å². The summed E-state index contributed by atoms with van der Waals surface area (Å²) in [5, 5.41) is 2.93. The minimum absolute atomic E-state index is 0.204. The molecular formula is C18H18BrN3O2. The summed E-state index contributed by atoms with van der Waals surface area (Å²) in [6.45, 7) is 6.29. The van der Waals surface area contributed by atoms with Crippen molar-refractivity contribution in [3.05, 3.63) is 58.0 Å². The average Bonchev–Trinajstić information content (AvgIpc) is 2.88. The maximum Gasteiger partial charge on any atom is 0.274 e. The Balaban J connectivity index is 1.99. The highest BCUT2D eigenvalue weighted by Gasteiger charge is 2.19. The van der Waals surface area contributed by atoms with Gasteiger partial charge in [0.2, 0.25) is 0 Å². The molecule has 0 radical (unpaired) electrons. The van der Waals surface area contributed by atoms with Gasteiger partial charge in [-0.05, 0) is 50.6 Å². The fourth-order valence-corrected chi connectivity index (χ4v) is 2.94. The van der Waals surface area contributed by atoms with E-state index in [9.17, 15) is 4.79 Å². The molecule has 0 saturated carbocycles. The summed E-state index contributed by atoms with van der Waals surface area (Å²) in [7, 11) is 0. The first-order valence-corrected chi connectivity index (χ1v) is 8.48. The van der Waals surface area contributed by atoms with Crippen LogP contribution in [0.1, 0.15) is 28.7 Å². The number of carbonyl (C=O) groups excluding carboxylic acids is 1. The number of halogens is 1. The van der Waals surface area contributed by atoms with Gasteiger partial charge < -0.3 is 10.1 Å². The number of nitrogens with one attached hydrogen (secondary N) is 1. The first kappa shape index (κ1) is 16.5. The van der Waals surface area contributed by atoms with Gasteiger partial charge in [-0.1, -0.05) is 22.0 Å². The SMILES string of the molecule is CCOc1cccn2c(C(=O)Nc3ccc(C)c(Br)c3)c(C)nc12. The zero-order chi connectivity index (χ0) is 17.3. The number of rotatable bonds is 4. The summed E-state index contributed by atoms with van der Waals surface area (Å²) in [5.74, 6) is 0.463. The van der Waals surface area contributed by atoms with Gasteiger partial charge in [0.25, 0.3) is 5.91 Å². The van der Waals surface area contributed by atoms with Gasteiger partial charge in [-0.15, -0.1) is 0 Å². The van der Waals surface area contributed by atoms with Crippen LogP contribution >= 0.6 is 15.9 Å². The maximum absolute atomic E-state index is 12.7. The third-order valence-corrected chi connectivity index (χ3v) is 4.59. The van der Waals surface area contributed by atoms with E-state index in [1.165, 1.54) is 0 Å². The van der Waals surface area contributed by atoms with Crippen molar-refractivity contribution in [1.29, 1.82) is 0 Å². The van der Waals surface area contributed by atoms with Gasteiger partial charge in [0.15, 0.2) is 11.4 Å². The van der Waals surface area contributed by atoms with Crippen LogP contribution in [0.25, 0.3) is 5.65 Å². The molecule has 2 aromatic heterocycles. The molecule has 0 saturated heterocycles. The van der Waals surface area contributed by atoms with Gasteiger partial charge in [-0.3, -0.25) is 9.20 Å². The van der Waals surface area contributed by atoms with Crippen LogP contribution in [-0.4, -0.2) is 21.9 Å². The molecule has 124 valence electrons. The highest BCUT2D eigenvalue weighted by molar-refractivity contribution is 9.10. The molecule has 0 bridgehead atoms. The Morgan fingerprint density at radius 1 is 1.33 bits per heavy atom. The number of pyridine rings is 1. The molecule has 24 heavy (non-hydrogen) atoms. The summed E-state index contributed by atoms with van der Waals surface area (Å²) < 4.78 is 8.31. The van der Waals surface area contributed by atoms with E-state index in [2.05, 4.69) is 26.2 Å². The highest BCUT2D eigenvalue weighted by Crippen LogP contribution is 2.24. The van der Waals surface area contributed by atoms with E-state index in [1.54, 1.807) is 4.40 Å². The van der Waals surface area contributed by atoms with Crippen molar-refractivity contribution in [2.24, 2.45) is 0 Å². The molecule has 1 N–H and O–H groups in total. The van der Waals surface area contributed by atoms with Gasteiger partial charge in [0.05, 0.1) is 12.3 Å². The topological polar surface area (TPSA) is 55.6 Å². The monoisotopic (exact) mass is 387 g/mol. The molecule has 0 aliphatic heterocycles. The number of carbonyl (C=O) groups is 1. The smallest absolute Gasteiger partial charge is 0.274 e. The lowest BCUT2D eigenvalue weighted by Gasteiger charge is -2.08. The van der Waals surface area contributed by atoms with E-state index in [1.807, 2.05) is 57.3 Å². The predicted octanol–water partition coefficient (Wildman–Crippen LogP) is 4.36. The van der Waals surface area contributed by atoms with E-state index < -0.39 is 0 Å². The molecule has 6 heteroatoms. The Morgan fingerprint density at radius 3 is 2.83 bits per heavy atom. The van der Waals surface area contributed by atoms with Gasteiger partial charge in [-0.2, -0.15) is 0 Å². The lowest BCUT2D eigenvalue weighted by molar-refractivity contribution is 0.102. The summed E-state index contributed by atoms with van der Waals surface area (Å²) in [4.78, 5) is 17.2. The minimum atomic E-state index is -0.204. The van der Waals surface area contributed by atoms with Crippen molar-refractivity contribution in [3.63, 3.8) is 0 Å². The number of aromatic nitrogens is 2. The first-order chi connectivity index (χ1) is 11.5. The van der Waals surface area contributed by atoms with Crippen molar-refractivity contribution in [2.45, 2.75) is 20.8 Å². The number of anilines is 1. The second kappa shape index (κ2) is 6.65. The van der Waals surface area contributed by atoms with Crippen LogP contribution < -0.4 is 10.1 Å². The molecular weight excluding hydrogens is 370 g/mol. The lowest BCUT2D eigenvalue weighted by Crippen LogP contribution is -2.15. The van der Waals surface area contributed by atoms with Gasteiger partial charge in [-0.25, -0.2) is 4.98 Å². The number of hydrogen-bond donors (Lipinski definition) is 1. The molecule has 0 atom stereocenters. The summed E-state index contributed by atoms with van der Waals surface area (Å²) in [5.41, 5.74) is 3.65. The third-order valence-electron chi connectivity index (χ3n) is 3.73. The zero-order valence-electron chi connectivity index (χ0n) is 13.8. The minimum Gasteiger partial charge on any atom is -0.490 e. The standard InChI is InChI=1S/C18H18BrN3O2/c1-4-24-15-6-5-9-22-16(12(3)20-17(15)22)18(23)21-13-8-7-11(2)14(19)10-13/h5-10H,4H2,1-3H3,(H,21,23). The van der Waals surface area contributed by atoms with Crippen molar-refractivity contribution < 1.29 is 9.53 Å². The molecule has 0 aliphatic carbocycles. The second-order valence-electron chi connectivity index (χ2n) is 5.46. The van der Waals surface area contributed by atoms with Crippen LogP contribution in [0.2, 0.25) is 0 Å². The van der Waals surface area contributed by atoms with Crippen LogP contribution in [0.5, 0.6) is 5.75 Å². The largest absolute Gasteiger partial charge is 0.490 e. The number of aryl methyl sites for hydroxylation is 2. The quantitative estimate of drug-likeness (QED) is 0.723. The predicted molar refractivity (Wildman–Crippen MR) is 97.9 cm³/mol. The van der Waals surface area contributed by atoms with E-state index in [4.69, 9.17) is 4.74 Å². The first-order valence-electron chi connectivity index (χ1n) is 7.69. The molecule has 3 rings (SSSR count). The normalized spacial score (nSPS) is 10.8. The van der Waals surface area contributed by atoms with E-state index in [-0.39, 0.29) is 5.91 Å². The average molecular weight is 388 g/mol. The number of amides is 1. The fraction of sp³-hybridized carbons (Fsp3) is 0.222. The molecule has 1 aromatic carbocycles. The number of fused-ring (bicyclic) bond motifs is 1. The van der Waals surface area contributed by atoms with Crippen LogP contribution in [0.15, 0.2) is 41.0 Å². The Kier molecular flexibility index (Phi) is 4.57. The Morgan fingerprint density at radius 2 is 2.12 bits per heavy atom. The van der Waals surface area contributed by atoms with E-state index in [0.29, 0.717) is 29.4 Å². The Hall–Kier alpha value is -2.34. The number of ether oxygens (including phenoxy) is 1. The molecule has 0 fully saturated rings. The third kappa shape index (κ3) is 3.01. The molecule has 0 spiro atoms. The van der Waals surface area contributed by atoms with Crippen LogP contribution in [0.3, 0.4) is 0 Å². The molecule has 3 aromatic rings. The maximum atomic E-state index is 12.7. The number of imidazole rings is 1. The molecule has 1 amide bonds. The molecule has 5 nitrogen and oxygen atoms in total. The van der Waals surface area contributed by atoms with Gasteiger partial charge in [0, 0.05) is 16.4 Å². The number of hydrogen-bond acceptors (Lipinski definition) is 3. The lowest BCUT2D eigenvalue weighted by atomic mass is 10.2. The van der Waals surface area contributed by atoms with Crippen molar-refractivity contribution in [1.82, 2.24) is 9.38 Å². The summed E-state index contributed by atoms with van der Waals surface area (Å²) >= 11 is 3.48. The van der Waals surface area contributed by atoms with Gasteiger partial charge in [0.1, 0.15) is 5.69 Å². The molecule has 0 aliphatic rings. The summed E-state index contributed by atoms with van der Waals surface area (Å²) in [6.07, 6.45) is 1.82. The molecule has 2 heterocycles. The van der Waals surface area contributed by atoms with E-state index >= 15 is 0 Å². The van der Waals surface area contributed by atoms with Crippen LogP contribution in [0, 0.1) is 13.8 Å². The van der Waals surface area contributed by atoms with Crippen molar-refractivity contribution in [2.75, 3.05) is 11.9 Å². The Bertz CT molecular complexity index is 918. The number of benzene rings is 1. The van der Waals surface area contributed by atoms with Crippen molar-refractivity contribution in [3.8, 4) is 5.75 Å². The van der Waals surface area contributed by atoms with Gasteiger partial charge >= 0.3 is 0 Å². The Labute approximate surface area is 148 Å². The summed E-state index contributed by atoms with van der Waals surface area (Å²) in [6, 6.07) is 9.41. The van der Waals surface area contributed by atoms with Crippen molar-refractivity contribution >= 4 is 33.2 Å². The second-order valence-corrected chi connectivity index (χ2v) is 6.32. The van der Waals surface area contributed by atoms with Crippen LogP contribution in [0.4, 0.5) is 5.69 Å². The number of nitrogens with zero attached hydrogens (tertiary/aromatic N) is 2.